The van der Waals surface area contributed by atoms with Crippen molar-refractivity contribution in [2.24, 2.45) is 0 Å². The van der Waals surface area contributed by atoms with Crippen molar-refractivity contribution < 1.29 is 9.21 Å². The molecule has 6 heteroatoms. The molecule has 6 nitrogen and oxygen atoms in total. The molecule has 1 atom stereocenters. The van der Waals surface area contributed by atoms with Crippen molar-refractivity contribution in [2.75, 3.05) is 13.1 Å². The van der Waals surface area contributed by atoms with Crippen LogP contribution >= 0.6 is 0 Å². The van der Waals surface area contributed by atoms with E-state index in [4.69, 9.17) is 4.42 Å². The number of aromatic amines is 1. The number of H-pyrrole nitrogens is 1. The first-order valence-corrected chi connectivity index (χ1v) is 9.09. The molecule has 1 aliphatic heterocycles. The van der Waals surface area contributed by atoms with Gasteiger partial charge in [-0.1, -0.05) is 0 Å². The van der Waals surface area contributed by atoms with Crippen LogP contribution in [0.2, 0.25) is 0 Å². The van der Waals surface area contributed by atoms with E-state index in [0.29, 0.717) is 6.54 Å². The highest BCUT2D eigenvalue weighted by atomic mass is 16.3. The molecular weight excluding hydrogens is 318 g/mol. The summed E-state index contributed by atoms with van der Waals surface area (Å²) in [4.78, 5) is 33.1. The second kappa shape index (κ2) is 6.50. The fraction of sp³-hybridized carbons (Fsp3) is 0.526. The van der Waals surface area contributed by atoms with E-state index in [1.165, 1.54) is 6.20 Å². The van der Waals surface area contributed by atoms with Gasteiger partial charge in [0, 0.05) is 42.9 Å². The molecule has 1 saturated heterocycles. The van der Waals surface area contributed by atoms with Crippen molar-refractivity contribution in [3.8, 4) is 0 Å². The summed E-state index contributed by atoms with van der Waals surface area (Å²) in [5, 5.41) is 0. The molecule has 1 aliphatic carbocycles. The van der Waals surface area contributed by atoms with Crippen LogP contribution in [0.5, 0.6) is 0 Å². The average Bonchev–Trinajstić information content (AvgIpc) is 2.97. The molecular formula is C19H23N3O3. The van der Waals surface area contributed by atoms with Crippen LogP contribution in [0.4, 0.5) is 0 Å². The molecule has 132 valence electrons. The van der Waals surface area contributed by atoms with E-state index in [9.17, 15) is 9.59 Å². The van der Waals surface area contributed by atoms with E-state index >= 15 is 0 Å². The van der Waals surface area contributed by atoms with E-state index < -0.39 is 0 Å². The molecule has 0 saturated carbocycles. The van der Waals surface area contributed by atoms with Gasteiger partial charge in [-0.2, -0.15) is 0 Å². The number of hydrogen-bond acceptors (Lipinski definition) is 4. The maximum absolute atomic E-state index is 13.2. The Balaban J connectivity index is 1.58. The van der Waals surface area contributed by atoms with Crippen LogP contribution in [0, 0.1) is 6.92 Å². The van der Waals surface area contributed by atoms with Crippen molar-refractivity contribution in [3.63, 3.8) is 0 Å². The van der Waals surface area contributed by atoms with Gasteiger partial charge in [0.2, 0.25) is 0 Å². The minimum Gasteiger partial charge on any atom is -0.465 e. The number of fused-ring (bicyclic) bond motifs is 1. The number of piperidine rings is 1. The highest BCUT2D eigenvalue weighted by molar-refractivity contribution is 5.97. The second-order valence-corrected chi connectivity index (χ2v) is 7.06. The van der Waals surface area contributed by atoms with E-state index in [1.807, 2.05) is 17.9 Å². The first-order valence-electron chi connectivity index (χ1n) is 9.09. The number of rotatable bonds is 2. The molecule has 25 heavy (non-hydrogen) atoms. The van der Waals surface area contributed by atoms with Gasteiger partial charge in [0.1, 0.15) is 11.5 Å². The highest BCUT2D eigenvalue weighted by Crippen LogP contribution is 2.32. The van der Waals surface area contributed by atoms with E-state index in [1.54, 1.807) is 0 Å². The van der Waals surface area contributed by atoms with Gasteiger partial charge in [0.15, 0.2) is 0 Å². The molecule has 0 aromatic carbocycles. The van der Waals surface area contributed by atoms with Crippen molar-refractivity contribution in [3.05, 3.63) is 51.1 Å². The van der Waals surface area contributed by atoms with Gasteiger partial charge in [-0.25, -0.2) is 9.78 Å². The Morgan fingerprint density at radius 1 is 1.32 bits per heavy atom. The van der Waals surface area contributed by atoms with Gasteiger partial charge in [0.05, 0.1) is 5.56 Å². The van der Waals surface area contributed by atoms with Crippen LogP contribution in [0.1, 0.15) is 64.7 Å². The zero-order valence-corrected chi connectivity index (χ0v) is 14.5. The summed E-state index contributed by atoms with van der Waals surface area (Å²) in [6.07, 6.45) is 7.55. The maximum atomic E-state index is 13.2. The Kier molecular flexibility index (Phi) is 4.19. The topological polar surface area (TPSA) is 79.2 Å². The highest BCUT2D eigenvalue weighted by Gasteiger charge is 2.31. The summed E-state index contributed by atoms with van der Waals surface area (Å²) in [5.41, 5.74) is 2.43. The summed E-state index contributed by atoms with van der Waals surface area (Å²) in [6, 6.07) is 1.84. The number of carbonyl (C=O) groups excluding carboxylic acids is 1. The monoisotopic (exact) mass is 341 g/mol. The van der Waals surface area contributed by atoms with Crippen LogP contribution in [-0.2, 0) is 12.8 Å². The van der Waals surface area contributed by atoms with Crippen LogP contribution in [0.25, 0.3) is 0 Å². The molecule has 1 unspecified atom stereocenters. The largest absolute Gasteiger partial charge is 0.465 e. The Hall–Kier alpha value is -2.37. The molecule has 4 rings (SSSR count). The quantitative estimate of drug-likeness (QED) is 0.910. The smallest absolute Gasteiger partial charge is 0.345 e. The van der Waals surface area contributed by atoms with Gasteiger partial charge in [-0.3, -0.25) is 4.79 Å². The standard InChI is InChI=1S/C19H23N3O3/c1-12-17(14-6-2-3-7-16(14)25-12)18(23)22-10-4-5-13(11-22)15-8-9-20-19(24)21-15/h8-9,13H,2-7,10-11H2,1H3,(H,20,21,24). The Labute approximate surface area is 146 Å². The van der Waals surface area contributed by atoms with Crippen molar-refractivity contribution >= 4 is 5.91 Å². The molecule has 2 aromatic heterocycles. The van der Waals surface area contributed by atoms with Gasteiger partial charge < -0.3 is 14.3 Å². The van der Waals surface area contributed by atoms with Crippen LogP contribution < -0.4 is 5.69 Å². The third-order valence-electron chi connectivity index (χ3n) is 5.41. The van der Waals surface area contributed by atoms with E-state index in [2.05, 4.69) is 9.97 Å². The third-order valence-corrected chi connectivity index (χ3v) is 5.41. The number of aromatic nitrogens is 2. The lowest BCUT2D eigenvalue weighted by molar-refractivity contribution is 0.0703. The van der Waals surface area contributed by atoms with Gasteiger partial charge >= 0.3 is 5.69 Å². The number of hydrogen-bond donors (Lipinski definition) is 1. The molecule has 0 spiro atoms. The van der Waals surface area contributed by atoms with Gasteiger partial charge in [-0.05, 0) is 45.1 Å². The Morgan fingerprint density at radius 2 is 2.16 bits per heavy atom. The average molecular weight is 341 g/mol. The summed E-state index contributed by atoms with van der Waals surface area (Å²) in [6.45, 7) is 3.27. The number of likely N-dealkylation sites (tertiary alicyclic amines) is 1. The van der Waals surface area contributed by atoms with E-state index in [0.717, 1.165) is 73.4 Å². The van der Waals surface area contributed by atoms with Crippen molar-refractivity contribution in [1.82, 2.24) is 14.9 Å². The van der Waals surface area contributed by atoms with Gasteiger partial charge in [0.25, 0.3) is 5.91 Å². The predicted octanol–water partition coefficient (Wildman–Crippen LogP) is 2.57. The molecule has 1 fully saturated rings. The van der Waals surface area contributed by atoms with Crippen molar-refractivity contribution in [1.29, 1.82) is 0 Å². The van der Waals surface area contributed by atoms with Gasteiger partial charge in [-0.15, -0.1) is 0 Å². The zero-order valence-electron chi connectivity index (χ0n) is 14.5. The number of nitrogens with one attached hydrogen (secondary N) is 1. The second-order valence-electron chi connectivity index (χ2n) is 7.06. The molecule has 1 amide bonds. The number of aryl methyl sites for hydroxylation is 2. The number of furan rings is 1. The normalized spacial score (nSPS) is 20.4. The Morgan fingerprint density at radius 3 is 3.00 bits per heavy atom. The lowest BCUT2D eigenvalue weighted by atomic mass is 9.91. The molecule has 2 aromatic rings. The van der Waals surface area contributed by atoms with Crippen LogP contribution in [-0.4, -0.2) is 33.9 Å². The fourth-order valence-electron chi connectivity index (χ4n) is 4.18. The van der Waals surface area contributed by atoms with Crippen LogP contribution in [0.3, 0.4) is 0 Å². The lowest BCUT2D eigenvalue weighted by Crippen LogP contribution is -2.40. The van der Waals surface area contributed by atoms with Crippen molar-refractivity contribution in [2.45, 2.75) is 51.4 Å². The maximum Gasteiger partial charge on any atom is 0.345 e. The van der Waals surface area contributed by atoms with Crippen LogP contribution in [0.15, 0.2) is 21.5 Å². The summed E-state index contributed by atoms with van der Waals surface area (Å²) in [7, 11) is 0. The molecule has 2 aliphatic rings. The number of amides is 1. The minimum absolute atomic E-state index is 0.0745. The predicted molar refractivity (Wildman–Crippen MR) is 92.8 cm³/mol. The zero-order chi connectivity index (χ0) is 17.4. The summed E-state index contributed by atoms with van der Waals surface area (Å²) in [5.74, 6) is 1.97. The molecule has 1 N–H and O–H groups in total. The molecule has 3 heterocycles. The first-order chi connectivity index (χ1) is 12.1. The molecule has 0 bridgehead atoms. The summed E-state index contributed by atoms with van der Waals surface area (Å²) >= 11 is 0. The fourth-order valence-corrected chi connectivity index (χ4v) is 4.18. The number of carbonyl (C=O) groups is 1. The lowest BCUT2D eigenvalue weighted by Gasteiger charge is -2.33. The summed E-state index contributed by atoms with van der Waals surface area (Å²) < 4.78 is 5.87. The Bertz CT molecular complexity index is 852. The number of nitrogens with zero attached hydrogens (tertiary/aromatic N) is 2. The third kappa shape index (κ3) is 3.01. The SMILES string of the molecule is Cc1oc2c(c1C(=O)N1CCCC(c3ccnc(=O)[nH]3)C1)CCCC2. The van der Waals surface area contributed by atoms with E-state index in [-0.39, 0.29) is 17.5 Å². The minimum atomic E-state index is -0.333. The first kappa shape index (κ1) is 16.1. The molecule has 0 radical (unpaired) electrons.